The number of benzene rings is 1. The van der Waals surface area contributed by atoms with Crippen LogP contribution in [0.5, 0.6) is 0 Å². The van der Waals surface area contributed by atoms with Gasteiger partial charge in [-0.3, -0.25) is 0 Å². The molecule has 0 aliphatic carbocycles. The number of anilines is 1. The topological polar surface area (TPSA) is 41.9 Å². The number of rotatable bonds is 4. The van der Waals surface area contributed by atoms with E-state index in [4.69, 9.17) is 0 Å². The third kappa shape index (κ3) is 2.54. The molecule has 0 radical (unpaired) electrons. The van der Waals surface area contributed by atoms with Gasteiger partial charge in [-0.25, -0.2) is 4.68 Å². The molecule has 0 saturated carbocycles. The SMILES string of the molecule is c1cc(NCC2CCCN2)cc(-n2cccn2)c1. The minimum Gasteiger partial charge on any atom is -0.383 e. The molecule has 1 aliphatic rings. The van der Waals surface area contributed by atoms with Crippen LogP contribution in [0.4, 0.5) is 5.69 Å². The van der Waals surface area contributed by atoms with Gasteiger partial charge in [0.1, 0.15) is 0 Å². The van der Waals surface area contributed by atoms with Crippen molar-refractivity contribution >= 4 is 5.69 Å². The van der Waals surface area contributed by atoms with Crippen LogP contribution in [-0.2, 0) is 0 Å². The predicted octanol–water partition coefficient (Wildman–Crippen LogP) is 2.04. The standard InChI is InChI=1S/C14H18N4/c1-4-12(16-11-13-5-2-7-15-13)10-14(6-1)18-9-3-8-17-18/h1,3-4,6,8-10,13,15-16H,2,5,7,11H2. The summed E-state index contributed by atoms with van der Waals surface area (Å²) in [5, 5.41) is 11.2. The third-order valence-electron chi connectivity index (χ3n) is 3.33. The van der Waals surface area contributed by atoms with E-state index in [1.54, 1.807) is 6.20 Å². The van der Waals surface area contributed by atoms with Gasteiger partial charge in [0.05, 0.1) is 5.69 Å². The second-order valence-corrected chi connectivity index (χ2v) is 4.68. The predicted molar refractivity (Wildman–Crippen MR) is 73.1 cm³/mol. The molecular formula is C14H18N4. The molecule has 1 atom stereocenters. The Kier molecular flexibility index (Phi) is 3.28. The summed E-state index contributed by atoms with van der Waals surface area (Å²) >= 11 is 0. The molecule has 2 N–H and O–H groups in total. The molecular weight excluding hydrogens is 224 g/mol. The molecule has 1 aromatic heterocycles. The summed E-state index contributed by atoms with van der Waals surface area (Å²) < 4.78 is 1.87. The fraction of sp³-hybridized carbons (Fsp3) is 0.357. The van der Waals surface area contributed by atoms with Crippen LogP contribution in [-0.4, -0.2) is 28.9 Å². The summed E-state index contributed by atoms with van der Waals surface area (Å²) in [7, 11) is 0. The average Bonchev–Trinajstić information content (AvgIpc) is 3.10. The Morgan fingerprint density at radius 3 is 3.17 bits per heavy atom. The van der Waals surface area contributed by atoms with Crippen LogP contribution in [0.1, 0.15) is 12.8 Å². The van der Waals surface area contributed by atoms with E-state index in [1.165, 1.54) is 12.8 Å². The molecule has 0 amide bonds. The van der Waals surface area contributed by atoms with Crippen LogP contribution < -0.4 is 10.6 Å². The van der Waals surface area contributed by atoms with Crippen molar-refractivity contribution in [1.29, 1.82) is 0 Å². The highest BCUT2D eigenvalue weighted by molar-refractivity contribution is 5.50. The van der Waals surface area contributed by atoms with Crippen LogP contribution in [0.3, 0.4) is 0 Å². The van der Waals surface area contributed by atoms with E-state index in [9.17, 15) is 0 Å². The molecule has 4 nitrogen and oxygen atoms in total. The van der Waals surface area contributed by atoms with E-state index in [1.807, 2.05) is 16.9 Å². The van der Waals surface area contributed by atoms with Crippen LogP contribution in [0.25, 0.3) is 5.69 Å². The number of hydrogen-bond acceptors (Lipinski definition) is 3. The molecule has 0 spiro atoms. The maximum absolute atomic E-state index is 4.24. The largest absolute Gasteiger partial charge is 0.383 e. The first-order valence-electron chi connectivity index (χ1n) is 6.49. The molecule has 94 valence electrons. The fourth-order valence-corrected chi connectivity index (χ4v) is 2.35. The van der Waals surface area contributed by atoms with E-state index in [0.29, 0.717) is 6.04 Å². The van der Waals surface area contributed by atoms with Crippen LogP contribution in [0, 0.1) is 0 Å². The van der Waals surface area contributed by atoms with Crippen molar-refractivity contribution in [3.63, 3.8) is 0 Å². The van der Waals surface area contributed by atoms with Gasteiger partial charge < -0.3 is 10.6 Å². The third-order valence-corrected chi connectivity index (χ3v) is 3.33. The molecule has 2 heterocycles. The second kappa shape index (κ2) is 5.23. The zero-order valence-corrected chi connectivity index (χ0v) is 10.3. The van der Waals surface area contributed by atoms with Crippen molar-refractivity contribution in [3.8, 4) is 5.69 Å². The number of nitrogens with zero attached hydrogens (tertiary/aromatic N) is 2. The van der Waals surface area contributed by atoms with Crippen molar-refractivity contribution in [2.75, 3.05) is 18.4 Å². The minimum absolute atomic E-state index is 0.610. The second-order valence-electron chi connectivity index (χ2n) is 4.68. The van der Waals surface area contributed by atoms with Crippen molar-refractivity contribution in [1.82, 2.24) is 15.1 Å². The quantitative estimate of drug-likeness (QED) is 0.862. The molecule has 1 aromatic carbocycles. The molecule has 1 aliphatic heterocycles. The summed E-state index contributed by atoms with van der Waals surface area (Å²) in [6.07, 6.45) is 6.31. The van der Waals surface area contributed by atoms with Gasteiger partial charge in [0.25, 0.3) is 0 Å². The zero-order valence-electron chi connectivity index (χ0n) is 10.3. The highest BCUT2D eigenvalue weighted by atomic mass is 15.3. The Bertz CT molecular complexity index is 486. The Morgan fingerprint density at radius 1 is 1.39 bits per heavy atom. The molecule has 18 heavy (non-hydrogen) atoms. The van der Waals surface area contributed by atoms with E-state index in [-0.39, 0.29) is 0 Å². The molecule has 1 fully saturated rings. The van der Waals surface area contributed by atoms with E-state index in [0.717, 1.165) is 24.5 Å². The lowest BCUT2D eigenvalue weighted by atomic mass is 10.2. The maximum Gasteiger partial charge on any atom is 0.0666 e. The van der Waals surface area contributed by atoms with Gasteiger partial charge in [0, 0.05) is 30.7 Å². The van der Waals surface area contributed by atoms with Gasteiger partial charge in [-0.15, -0.1) is 0 Å². The van der Waals surface area contributed by atoms with Gasteiger partial charge in [-0.05, 0) is 43.7 Å². The highest BCUT2D eigenvalue weighted by Gasteiger charge is 2.13. The van der Waals surface area contributed by atoms with Crippen molar-refractivity contribution < 1.29 is 0 Å². The van der Waals surface area contributed by atoms with Gasteiger partial charge in [-0.2, -0.15) is 5.10 Å². The molecule has 1 saturated heterocycles. The Balaban J connectivity index is 1.67. The van der Waals surface area contributed by atoms with Gasteiger partial charge in [0.15, 0.2) is 0 Å². The molecule has 1 unspecified atom stereocenters. The summed E-state index contributed by atoms with van der Waals surface area (Å²) in [5.41, 5.74) is 2.24. The molecule has 2 aromatic rings. The van der Waals surface area contributed by atoms with Crippen molar-refractivity contribution in [2.45, 2.75) is 18.9 Å². The zero-order chi connectivity index (χ0) is 12.2. The van der Waals surface area contributed by atoms with E-state index < -0.39 is 0 Å². The lowest BCUT2D eigenvalue weighted by Crippen LogP contribution is -2.29. The normalized spacial score (nSPS) is 19.0. The summed E-state index contributed by atoms with van der Waals surface area (Å²) in [5.74, 6) is 0. The van der Waals surface area contributed by atoms with E-state index >= 15 is 0 Å². The first kappa shape index (κ1) is 11.3. The van der Waals surface area contributed by atoms with E-state index in [2.05, 4.69) is 40.0 Å². The van der Waals surface area contributed by atoms with Crippen molar-refractivity contribution in [2.24, 2.45) is 0 Å². The van der Waals surface area contributed by atoms with Gasteiger partial charge in [0.2, 0.25) is 0 Å². The van der Waals surface area contributed by atoms with Crippen LogP contribution >= 0.6 is 0 Å². The number of aromatic nitrogens is 2. The fourth-order valence-electron chi connectivity index (χ4n) is 2.35. The summed E-state index contributed by atoms with van der Waals surface area (Å²) in [4.78, 5) is 0. The highest BCUT2D eigenvalue weighted by Crippen LogP contribution is 2.14. The number of hydrogen-bond donors (Lipinski definition) is 2. The minimum atomic E-state index is 0.610. The average molecular weight is 242 g/mol. The number of nitrogens with one attached hydrogen (secondary N) is 2. The maximum atomic E-state index is 4.24. The molecule has 4 heteroatoms. The smallest absolute Gasteiger partial charge is 0.0666 e. The van der Waals surface area contributed by atoms with Gasteiger partial charge >= 0.3 is 0 Å². The summed E-state index contributed by atoms with van der Waals surface area (Å²) in [6, 6.07) is 10.9. The molecule has 3 rings (SSSR count). The molecule has 0 bridgehead atoms. The van der Waals surface area contributed by atoms with Crippen LogP contribution in [0.2, 0.25) is 0 Å². The lowest BCUT2D eigenvalue weighted by molar-refractivity contribution is 0.633. The Hall–Kier alpha value is -1.81. The Morgan fingerprint density at radius 2 is 2.39 bits per heavy atom. The Labute approximate surface area is 107 Å². The first-order chi connectivity index (χ1) is 8.92. The van der Waals surface area contributed by atoms with Crippen LogP contribution in [0.15, 0.2) is 42.7 Å². The summed E-state index contributed by atoms with van der Waals surface area (Å²) in [6.45, 7) is 2.14. The lowest BCUT2D eigenvalue weighted by Gasteiger charge is -2.13. The monoisotopic (exact) mass is 242 g/mol. The van der Waals surface area contributed by atoms with Gasteiger partial charge in [-0.1, -0.05) is 6.07 Å². The van der Waals surface area contributed by atoms with Crippen molar-refractivity contribution in [3.05, 3.63) is 42.7 Å². The first-order valence-corrected chi connectivity index (χ1v) is 6.49.